The topological polar surface area (TPSA) is 130 Å². The molecule has 0 atom stereocenters. The number of imidazole rings is 1. The van der Waals surface area contributed by atoms with Crippen LogP contribution in [-0.4, -0.2) is 36.4 Å². The van der Waals surface area contributed by atoms with Gasteiger partial charge in [-0.1, -0.05) is 0 Å². The van der Waals surface area contributed by atoms with E-state index in [2.05, 4.69) is 20.0 Å². The van der Waals surface area contributed by atoms with E-state index in [0.29, 0.717) is 33.8 Å². The van der Waals surface area contributed by atoms with Gasteiger partial charge in [-0.3, -0.25) is 9.52 Å². The molecule has 0 saturated carbocycles. The van der Waals surface area contributed by atoms with E-state index in [1.165, 1.54) is 43.3 Å². The second-order valence-electron chi connectivity index (χ2n) is 8.16. The lowest BCUT2D eigenvalue weighted by Crippen LogP contribution is -2.14. The summed E-state index contributed by atoms with van der Waals surface area (Å²) in [6.45, 7) is 4.94. The van der Waals surface area contributed by atoms with Crippen molar-refractivity contribution in [2.75, 3.05) is 10.0 Å². The minimum atomic E-state index is -3.88. The highest BCUT2D eigenvalue weighted by atomic mass is 32.2. The summed E-state index contributed by atoms with van der Waals surface area (Å²) in [5.41, 5.74) is 3.27. The van der Waals surface area contributed by atoms with Gasteiger partial charge < -0.3 is 15.0 Å². The van der Waals surface area contributed by atoms with E-state index in [-0.39, 0.29) is 16.9 Å². The summed E-state index contributed by atoms with van der Waals surface area (Å²) in [7, 11) is -3.88. The molecular weight excluding hydrogens is 468 g/mol. The van der Waals surface area contributed by atoms with Crippen molar-refractivity contribution in [2.45, 2.75) is 31.8 Å². The van der Waals surface area contributed by atoms with E-state index in [1.807, 2.05) is 12.1 Å². The lowest BCUT2D eigenvalue weighted by Gasteiger charge is -2.10. The third-order valence-corrected chi connectivity index (χ3v) is 6.34. The summed E-state index contributed by atoms with van der Waals surface area (Å²) in [5, 5.41) is 2.70. The number of aromatic nitrogens is 2. The zero-order valence-electron chi connectivity index (χ0n) is 19.3. The largest absolute Gasteiger partial charge is 0.459 e. The Morgan fingerprint density at radius 2 is 1.60 bits per heavy atom. The molecule has 0 fully saturated rings. The first-order chi connectivity index (χ1) is 16.6. The molecule has 0 radical (unpaired) electrons. The first-order valence-corrected chi connectivity index (χ1v) is 12.3. The predicted octanol–water partition coefficient (Wildman–Crippen LogP) is 4.55. The van der Waals surface area contributed by atoms with E-state index in [1.54, 1.807) is 32.0 Å². The molecule has 3 aromatic carbocycles. The molecule has 1 aromatic heterocycles. The first kappa shape index (κ1) is 24.0. The number of hydrogen-bond acceptors (Lipinski definition) is 6. The molecule has 0 unspecified atom stereocenters. The number of sulfonamides is 1. The lowest BCUT2D eigenvalue weighted by atomic mass is 10.2. The maximum absolute atomic E-state index is 12.9. The summed E-state index contributed by atoms with van der Waals surface area (Å²) in [6, 6.07) is 17.8. The normalized spacial score (nSPS) is 11.4. The molecule has 0 bridgehead atoms. The number of carbonyl (C=O) groups is 2. The van der Waals surface area contributed by atoms with Crippen molar-refractivity contribution < 1.29 is 22.7 Å². The Morgan fingerprint density at radius 1 is 0.943 bits per heavy atom. The molecule has 0 aliphatic rings. The van der Waals surface area contributed by atoms with E-state index < -0.39 is 16.0 Å². The number of fused-ring (bicyclic) bond motifs is 1. The fraction of sp³-hybridized carbons (Fsp3) is 0.160. The van der Waals surface area contributed by atoms with Crippen LogP contribution in [0.1, 0.15) is 31.1 Å². The van der Waals surface area contributed by atoms with Crippen molar-refractivity contribution in [2.24, 2.45) is 0 Å². The highest BCUT2D eigenvalue weighted by Gasteiger charge is 2.17. The maximum atomic E-state index is 12.9. The molecule has 0 saturated heterocycles. The van der Waals surface area contributed by atoms with Gasteiger partial charge in [0.25, 0.3) is 10.0 Å². The second kappa shape index (κ2) is 9.59. The minimum Gasteiger partial charge on any atom is -0.459 e. The molecule has 0 aliphatic heterocycles. The summed E-state index contributed by atoms with van der Waals surface area (Å²) in [4.78, 5) is 30.9. The van der Waals surface area contributed by atoms with Gasteiger partial charge in [-0.15, -0.1) is 0 Å². The number of esters is 1. The number of hydrogen-bond donors (Lipinski definition) is 3. The number of carbonyl (C=O) groups excluding carboxylic acids is 2. The quantitative estimate of drug-likeness (QED) is 0.324. The molecule has 4 rings (SSSR count). The molecular formula is C25H24N4O5S. The van der Waals surface area contributed by atoms with Crippen molar-refractivity contribution in [3.8, 4) is 11.4 Å². The van der Waals surface area contributed by atoms with Crippen LogP contribution < -0.4 is 10.0 Å². The van der Waals surface area contributed by atoms with E-state index >= 15 is 0 Å². The molecule has 9 nitrogen and oxygen atoms in total. The van der Waals surface area contributed by atoms with Crippen LogP contribution in [0.25, 0.3) is 22.4 Å². The molecule has 3 N–H and O–H groups in total. The third-order valence-electron chi connectivity index (χ3n) is 4.96. The van der Waals surface area contributed by atoms with Crippen LogP contribution in [-0.2, 0) is 19.6 Å². The third kappa shape index (κ3) is 5.67. The van der Waals surface area contributed by atoms with Crippen molar-refractivity contribution in [1.82, 2.24) is 9.97 Å². The Hall–Kier alpha value is -4.18. The molecule has 10 heteroatoms. The van der Waals surface area contributed by atoms with Crippen LogP contribution in [0.5, 0.6) is 0 Å². The molecule has 35 heavy (non-hydrogen) atoms. The predicted molar refractivity (Wildman–Crippen MR) is 134 cm³/mol. The summed E-state index contributed by atoms with van der Waals surface area (Å²) in [6.07, 6.45) is -0.248. The van der Waals surface area contributed by atoms with Gasteiger partial charge in [-0.25, -0.2) is 18.2 Å². The highest BCUT2D eigenvalue weighted by Crippen LogP contribution is 2.25. The van der Waals surface area contributed by atoms with Crippen molar-refractivity contribution in [1.29, 1.82) is 0 Å². The zero-order chi connectivity index (χ0) is 25.2. The summed E-state index contributed by atoms with van der Waals surface area (Å²) < 4.78 is 33.5. The Kier molecular flexibility index (Phi) is 6.57. The van der Waals surface area contributed by atoms with Crippen molar-refractivity contribution in [3.63, 3.8) is 0 Å². The number of anilines is 2. The van der Waals surface area contributed by atoms with Crippen molar-refractivity contribution in [3.05, 3.63) is 72.3 Å². The smallest absolute Gasteiger partial charge is 0.338 e. The van der Waals surface area contributed by atoms with E-state index in [4.69, 9.17) is 4.74 Å². The van der Waals surface area contributed by atoms with Gasteiger partial charge in [0.2, 0.25) is 5.91 Å². The standard InChI is InChI=1S/C25H24N4O5S/c1-15(2)34-25(31)18-6-10-20(11-7-18)29-35(32,33)21-12-13-22-23(14-21)28-24(27-22)17-4-8-19(9-5-17)26-16(3)30/h4-15,29H,1-3H3,(H,26,30)(H,27,28). The van der Waals surface area contributed by atoms with Gasteiger partial charge >= 0.3 is 5.97 Å². The van der Waals surface area contributed by atoms with Gasteiger partial charge in [-0.2, -0.15) is 0 Å². The molecule has 1 amide bonds. The number of benzene rings is 3. The Morgan fingerprint density at radius 3 is 2.23 bits per heavy atom. The highest BCUT2D eigenvalue weighted by molar-refractivity contribution is 7.92. The number of rotatable bonds is 7. The van der Waals surface area contributed by atoms with Crippen LogP contribution in [0, 0.1) is 0 Å². The number of aromatic amines is 1. The fourth-order valence-corrected chi connectivity index (χ4v) is 4.46. The minimum absolute atomic E-state index is 0.0597. The number of nitrogens with one attached hydrogen (secondary N) is 3. The summed E-state index contributed by atoms with van der Waals surface area (Å²) >= 11 is 0. The van der Waals surface area contributed by atoms with Gasteiger partial charge in [0.1, 0.15) is 5.82 Å². The molecule has 1 heterocycles. The van der Waals surface area contributed by atoms with Crippen LogP contribution >= 0.6 is 0 Å². The van der Waals surface area contributed by atoms with Gasteiger partial charge in [0.05, 0.1) is 27.6 Å². The Balaban J connectivity index is 1.53. The lowest BCUT2D eigenvalue weighted by molar-refractivity contribution is -0.114. The number of nitrogens with zero attached hydrogens (tertiary/aromatic N) is 1. The average Bonchev–Trinajstić information content (AvgIpc) is 3.22. The van der Waals surface area contributed by atoms with Crippen LogP contribution in [0.4, 0.5) is 11.4 Å². The molecule has 0 aliphatic carbocycles. The van der Waals surface area contributed by atoms with Crippen LogP contribution in [0.2, 0.25) is 0 Å². The Labute approximate surface area is 202 Å². The SMILES string of the molecule is CC(=O)Nc1ccc(-c2nc3ccc(S(=O)(=O)Nc4ccc(C(=O)OC(C)C)cc4)cc3[nH]2)cc1. The van der Waals surface area contributed by atoms with Gasteiger partial charge in [0.15, 0.2) is 0 Å². The number of amides is 1. The second-order valence-corrected chi connectivity index (χ2v) is 9.84. The van der Waals surface area contributed by atoms with Crippen LogP contribution in [0.3, 0.4) is 0 Å². The maximum Gasteiger partial charge on any atom is 0.338 e. The molecule has 4 aromatic rings. The van der Waals surface area contributed by atoms with Gasteiger partial charge in [0, 0.05) is 23.9 Å². The Bertz CT molecular complexity index is 1490. The fourth-order valence-electron chi connectivity index (χ4n) is 3.38. The number of ether oxygens (including phenoxy) is 1. The zero-order valence-corrected chi connectivity index (χ0v) is 20.1. The van der Waals surface area contributed by atoms with Crippen molar-refractivity contribution >= 4 is 44.3 Å². The molecule has 180 valence electrons. The molecule has 0 spiro atoms. The van der Waals surface area contributed by atoms with Crippen LogP contribution in [0.15, 0.2) is 71.6 Å². The van der Waals surface area contributed by atoms with Gasteiger partial charge in [-0.05, 0) is 80.6 Å². The average molecular weight is 493 g/mol. The van der Waals surface area contributed by atoms with E-state index in [0.717, 1.165) is 5.56 Å². The number of H-pyrrole nitrogens is 1. The first-order valence-electron chi connectivity index (χ1n) is 10.8. The van der Waals surface area contributed by atoms with E-state index in [9.17, 15) is 18.0 Å². The monoisotopic (exact) mass is 492 g/mol. The summed E-state index contributed by atoms with van der Waals surface area (Å²) in [5.74, 6) is -0.0613.